The summed E-state index contributed by atoms with van der Waals surface area (Å²) >= 11 is 0. The molecule has 0 aliphatic rings. The lowest BCUT2D eigenvalue weighted by Gasteiger charge is -2.14. The molecule has 2 amide bonds. The fourth-order valence-corrected chi connectivity index (χ4v) is 1.81. The molecule has 0 saturated heterocycles. The van der Waals surface area contributed by atoms with Crippen LogP contribution < -0.4 is 15.4 Å². The third-order valence-corrected chi connectivity index (χ3v) is 2.99. The lowest BCUT2D eigenvalue weighted by molar-refractivity contribution is -0.122. The van der Waals surface area contributed by atoms with Crippen molar-refractivity contribution in [2.24, 2.45) is 0 Å². The molecule has 0 unspecified atom stereocenters. The number of benzene rings is 2. The number of carbonyl (C=O) groups is 2. The molecule has 0 aromatic heterocycles. The van der Waals surface area contributed by atoms with Crippen LogP contribution in [0.5, 0.6) is 5.75 Å². The summed E-state index contributed by atoms with van der Waals surface area (Å²) in [6.45, 7) is 2.02. The first kappa shape index (κ1) is 15.6. The van der Waals surface area contributed by atoms with Crippen molar-refractivity contribution in [1.82, 2.24) is 10.6 Å². The van der Waals surface area contributed by atoms with E-state index >= 15 is 0 Å². The Hall–Kier alpha value is -2.82. The Labute approximate surface area is 129 Å². The molecule has 1 atom stereocenters. The van der Waals surface area contributed by atoms with Crippen molar-refractivity contribution in [3.05, 3.63) is 66.2 Å². The van der Waals surface area contributed by atoms with Crippen molar-refractivity contribution < 1.29 is 14.3 Å². The Morgan fingerprint density at radius 2 is 1.59 bits per heavy atom. The van der Waals surface area contributed by atoms with E-state index in [-0.39, 0.29) is 5.91 Å². The highest BCUT2D eigenvalue weighted by Gasteiger charge is 2.16. The second kappa shape index (κ2) is 7.83. The molecule has 2 N–H and O–H groups in total. The van der Waals surface area contributed by atoms with Crippen LogP contribution in [0.4, 0.5) is 4.79 Å². The van der Waals surface area contributed by atoms with Gasteiger partial charge < -0.3 is 15.4 Å². The van der Waals surface area contributed by atoms with Gasteiger partial charge in [-0.25, -0.2) is 4.79 Å². The highest BCUT2D eigenvalue weighted by molar-refractivity contribution is 5.85. The van der Waals surface area contributed by atoms with Crippen molar-refractivity contribution in [3.8, 4) is 5.75 Å². The van der Waals surface area contributed by atoms with Crippen LogP contribution in [-0.4, -0.2) is 18.0 Å². The normalized spacial score (nSPS) is 11.3. The zero-order chi connectivity index (χ0) is 15.8. The molecule has 5 nitrogen and oxygen atoms in total. The quantitative estimate of drug-likeness (QED) is 0.891. The Kier molecular flexibility index (Phi) is 5.54. The monoisotopic (exact) mass is 298 g/mol. The second-order valence-corrected chi connectivity index (χ2v) is 4.77. The minimum absolute atomic E-state index is 0.270. The SMILES string of the molecule is C[C@@H](NC(=O)Oc1ccccc1)C(=O)NCc1ccccc1. The second-order valence-electron chi connectivity index (χ2n) is 4.77. The van der Waals surface area contributed by atoms with Gasteiger partial charge in [0.1, 0.15) is 11.8 Å². The molecule has 0 aliphatic heterocycles. The van der Waals surface area contributed by atoms with Gasteiger partial charge in [-0.15, -0.1) is 0 Å². The van der Waals surface area contributed by atoms with Gasteiger partial charge in [0, 0.05) is 6.54 Å². The summed E-state index contributed by atoms with van der Waals surface area (Å²) in [5, 5.41) is 5.25. The largest absolute Gasteiger partial charge is 0.413 e. The number of rotatable bonds is 5. The predicted octanol–water partition coefficient (Wildman–Crippen LogP) is 2.48. The van der Waals surface area contributed by atoms with Crippen LogP contribution in [0, 0.1) is 0 Å². The van der Waals surface area contributed by atoms with E-state index in [0.717, 1.165) is 5.56 Å². The van der Waals surface area contributed by atoms with Crippen molar-refractivity contribution in [1.29, 1.82) is 0 Å². The van der Waals surface area contributed by atoms with E-state index in [4.69, 9.17) is 4.74 Å². The number of carbonyl (C=O) groups excluding carboxylic acids is 2. The molecule has 22 heavy (non-hydrogen) atoms. The molecule has 2 aromatic rings. The van der Waals surface area contributed by atoms with Crippen LogP contribution in [-0.2, 0) is 11.3 Å². The fourth-order valence-electron chi connectivity index (χ4n) is 1.81. The van der Waals surface area contributed by atoms with Gasteiger partial charge in [0.15, 0.2) is 0 Å². The number of para-hydroxylation sites is 1. The minimum atomic E-state index is -0.681. The van der Waals surface area contributed by atoms with Gasteiger partial charge in [-0.1, -0.05) is 48.5 Å². The Balaban J connectivity index is 1.77. The van der Waals surface area contributed by atoms with Crippen LogP contribution in [0.15, 0.2) is 60.7 Å². The first-order valence-electron chi connectivity index (χ1n) is 7.00. The number of nitrogens with one attached hydrogen (secondary N) is 2. The molecule has 114 valence electrons. The van der Waals surface area contributed by atoms with Gasteiger partial charge in [-0.2, -0.15) is 0 Å². The topological polar surface area (TPSA) is 67.4 Å². The van der Waals surface area contributed by atoms with Gasteiger partial charge in [0.2, 0.25) is 5.91 Å². The van der Waals surface area contributed by atoms with E-state index < -0.39 is 12.1 Å². The van der Waals surface area contributed by atoms with Crippen LogP contribution >= 0.6 is 0 Å². The molecular weight excluding hydrogens is 280 g/mol. The smallest absolute Gasteiger partial charge is 0.410 e. The van der Waals surface area contributed by atoms with Crippen LogP contribution in [0.3, 0.4) is 0 Å². The van der Waals surface area contributed by atoms with Crippen LogP contribution in [0.2, 0.25) is 0 Å². The molecule has 0 fully saturated rings. The average molecular weight is 298 g/mol. The van der Waals surface area contributed by atoms with Crippen molar-refractivity contribution in [2.45, 2.75) is 19.5 Å². The molecule has 0 radical (unpaired) electrons. The van der Waals surface area contributed by atoms with Gasteiger partial charge in [-0.05, 0) is 24.6 Å². The molecule has 0 aliphatic carbocycles. The molecule has 0 spiro atoms. The first-order chi connectivity index (χ1) is 10.6. The predicted molar refractivity (Wildman–Crippen MR) is 83.4 cm³/mol. The fraction of sp³-hybridized carbons (Fsp3) is 0.176. The van der Waals surface area contributed by atoms with E-state index in [1.165, 1.54) is 0 Å². The molecule has 2 rings (SSSR count). The van der Waals surface area contributed by atoms with Gasteiger partial charge in [-0.3, -0.25) is 4.79 Å². The molecular formula is C17H18N2O3. The van der Waals surface area contributed by atoms with Crippen molar-refractivity contribution >= 4 is 12.0 Å². The number of ether oxygens (including phenoxy) is 1. The molecule has 5 heteroatoms. The van der Waals surface area contributed by atoms with Gasteiger partial charge in [0.05, 0.1) is 0 Å². The van der Waals surface area contributed by atoms with Crippen LogP contribution in [0.1, 0.15) is 12.5 Å². The Bertz CT molecular complexity index is 614. The van der Waals surface area contributed by atoms with Crippen LogP contribution in [0.25, 0.3) is 0 Å². The average Bonchev–Trinajstić information content (AvgIpc) is 2.54. The summed E-state index contributed by atoms with van der Waals surface area (Å²) in [6, 6.07) is 17.6. The summed E-state index contributed by atoms with van der Waals surface area (Å²) in [4.78, 5) is 23.6. The molecule has 0 bridgehead atoms. The summed E-state index contributed by atoms with van der Waals surface area (Å²) in [6.07, 6.45) is -0.659. The van der Waals surface area contributed by atoms with E-state index in [2.05, 4.69) is 10.6 Å². The number of amides is 2. The first-order valence-corrected chi connectivity index (χ1v) is 7.00. The Morgan fingerprint density at radius 1 is 1.00 bits per heavy atom. The highest BCUT2D eigenvalue weighted by atomic mass is 16.6. The van der Waals surface area contributed by atoms with Crippen molar-refractivity contribution in [2.75, 3.05) is 0 Å². The molecule has 0 saturated carbocycles. The van der Waals surface area contributed by atoms with E-state index in [1.54, 1.807) is 31.2 Å². The summed E-state index contributed by atoms with van der Waals surface area (Å²) in [5.41, 5.74) is 0.995. The third-order valence-electron chi connectivity index (χ3n) is 2.99. The lowest BCUT2D eigenvalue weighted by atomic mass is 10.2. The van der Waals surface area contributed by atoms with E-state index in [9.17, 15) is 9.59 Å². The van der Waals surface area contributed by atoms with E-state index in [0.29, 0.717) is 12.3 Å². The van der Waals surface area contributed by atoms with Gasteiger partial charge >= 0.3 is 6.09 Å². The van der Waals surface area contributed by atoms with E-state index in [1.807, 2.05) is 36.4 Å². The molecule has 0 heterocycles. The summed E-state index contributed by atoms with van der Waals surface area (Å²) in [5.74, 6) is 0.158. The zero-order valence-corrected chi connectivity index (χ0v) is 12.3. The minimum Gasteiger partial charge on any atom is -0.410 e. The third kappa shape index (κ3) is 4.94. The maximum Gasteiger partial charge on any atom is 0.413 e. The van der Waals surface area contributed by atoms with Crippen molar-refractivity contribution in [3.63, 3.8) is 0 Å². The standard InChI is InChI=1S/C17H18N2O3/c1-13(16(20)18-12-14-8-4-2-5-9-14)19-17(21)22-15-10-6-3-7-11-15/h2-11,13H,12H2,1H3,(H,18,20)(H,19,21)/t13-/m1/s1. The zero-order valence-electron chi connectivity index (χ0n) is 12.3. The number of hydrogen-bond donors (Lipinski definition) is 2. The maximum atomic E-state index is 11.9. The number of hydrogen-bond acceptors (Lipinski definition) is 3. The molecule has 2 aromatic carbocycles. The Morgan fingerprint density at radius 3 is 2.23 bits per heavy atom. The van der Waals surface area contributed by atoms with Gasteiger partial charge in [0.25, 0.3) is 0 Å². The highest BCUT2D eigenvalue weighted by Crippen LogP contribution is 2.08. The summed E-state index contributed by atoms with van der Waals surface area (Å²) < 4.78 is 5.07. The summed E-state index contributed by atoms with van der Waals surface area (Å²) in [7, 11) is 0. The lowest BCUT2D eigenvalue weighted by Crippen LogP contribution is -2.45. The maximum absolute atomic E-state index is 11.9.